The van der Waals surface area contributed by atoms with Gasteiger partial charge in [-0.15, -0.1) is 0 Å². The monoisotopic (exact) mass is 300 g/mol. The van der Waals surface area contributed by atoms with Gasteiger partial charge in [0, 0.05) is 25.2 Å². The number of nitro groups is 1. The first-order valence-electron chi connectivity index (χ1n) is 6.19. The molecule has 0 bridgehead atoms. The van der Waals surface area contributed by atoms with Crippen LogP contribution in [0.5, 0.6) is 0 Å². The molecule has 0 spiro atoms. The molecule has 0 N–H and O–H groups in total. The highest BCUT2D eigenvalue weighted by Crippen LogP contribution is 2.23. The zero-order valence-electron chi connectivity index (χ0n) is 12.2. The molecule has 0 heterocycles. The van der Waals surface area contributed by atoms with Crippen LogP contribution in [0.3, 0.4) is 0 Å². The van der Waals surface area contributed by atoms with Crippen LogP contribution >= 0.6 is 0 Å². The third-order valence-corrected chi connectivity index (χ3v) is 4.45. The fourth-order valence-electron chi connectivity index (χ4n) is 1.88. The predicted molar refractivity (Wildman–Crippen MR) is 77.8 cm³/mol. The molecule has 0 unspecified atom stereocenters. The van der Waals surface area contributed by atoms with Gasteiger partial charge in [-0.3, -0.25) is 10.1 Å². The molecule has 0 saturated carbocycles. The molecule has 6 nitrogen and oxygen atoms in total. The topological polar surface area (TPSA) is 80.5 Å². The van der Waals surface area contributed by atoms with Gasteiger partial charge in [-0.1, -0.05) is 39.0 Å². The lowest BCUT2D eigenvalue weighted by Gasteiger charge is -2.26. The van der Waals surface area contributed by atoms with Crippen molar-refractivity contribution in [3.8, 4) is 0 Å². The summed E-state index contributed by atoms with van der Waals surface area (Å²) in [6.07, 6.45) is 0. The summed E-state index contributed by atoms with van der Waals surface area (Å²) >= 11 is 0. The van der Waals surface area contributed by atoms with E-state index in [0.717, 1.165) is 0 Å². The van der Waals surface area contributed by atoms with Crippen LogP contribution < -0.4 is 0 Å². The third kappa shape index (κ3) is 4.57. The molecular weight excluding hydrogens is 280 g/mol. The molecule has 20 heavy (non-hydrogen) atoms. The van der Waals surface area contributed by atoms with E-state index in [4.69, 9.17) is 0 Å². The third-order valence-electron chi connectivity index (χ3n) is 2.70. The van der Waals surface area contributed by atoms with Crippen molar-refractivity contribution in [1.82, 2.24) is 4.31 Å². The van der Waals surface area contributed by atoms with Crippen molar-refractivity contribution in [2.75, 3.05) is 13.6 Å². The molecule has 0 aromatic heterocycles. The minimum absolute atomic E-state index is 0.166. The maximum Gasteiger partial charge on any atom is 0.273 e. The molecule has 0 saturated heterocycles. The zero-order chi connectivity index (χ0) is 15.6. The van der Waals surface area contributed by atoms with Crippen LogP contribution in [0.2, 0.25) is 0 Å². The minimum Gasteiger partial charge on any atom is -0.258 e. The van der Waals surface area contributed by atoms with Gasteiger partial charge in [0.05, 0.1) is 10.7 Å². The first-order chi connectivity index (χ1) is 9.03. The highest BCUT2D eigenvalue weighted by molar-refractivity contribution is 7.88. The molecule has 1 rings (SSSR count). The van der Waals surface area contributed by atoms with Gasteiger partial charge in [-0.05, 0) is 5.41 Å². The van der Waals surface area contributed by atoms with Crippen LogP contribution in [-0.2, 0) is 15.8 Å². The Balaban J connectivity index is 3.00. The van der Waals surface area contributed by atoms with E-state index < -0.39 is 14.9 Å². The summed E-state index contributed by atoms with van der Waals surface area (Å²) in [5.41, 5.74) is -0.136. The van der Waals surface area contributed by atoms with Crippen molar-refractivity contribution in [2.45, 2.75) is 26.5 Å². The summed E-state index contributed by atoms with van der Waals surface area (Å²) in [4.78, 5) is 10.3. The Labute approximate surface area is 119 Å². The summed E-state index contributed by atoms with van der Waals surface area (Å²) in [7, 11) is -2.08. The van der Waals surface area contributed by atoms with Crippen molar-refractivity contribution in [3.63, 3.8) is 0 Å². The summed E-state index contributed by atoms with van der Waals surface area (Å²) in [6, 6.07) is 5.91. The van der Waals surface area contributed by atoms with E-state index in [0.29, 0.717) is 6.54 Å². The summed E-state index contributed by atoms with van der Waals surface area (Å²) in [5, 5.41) is 10.9. The normalized spacial score (nSPS) is 12.7. The van der Waals surface area contributed by atoms with Crippen LogP contribution in [0.15, 0.2) is 24.3 Å². The minimum atomic E-state index is -3.57. The van der Waals surface area contributed by atoms with Crippen LogP contribution in [0.4, 0.5) is 5.69 Å². The molecular formula is C13H20N2O4S. The quantitative estimate of drug-likeness (QED) is 0.617. The van der Waals surface area contributed by atoms with Crippen molar-refractivity contribution in [3.05, 3.63) is 39.9 Å². The molecule has 0 aliphatic rings. The van der Waals surface area contributed by atoms with E-state index in [1.54, 1.807) is 6.07 Å². The average Bonchev–Trinajstić information content (AvgIpc) is 2.26. The second-order valence-corrected chi connectivity index (χ2v) is 8.03. The maximum absolute atomic E-state index is 12.3. The fourth-order valence-corrected chi connectivity index (χ4v) is 3.33. The Morgan fingerprint density at radius 3 is 2.30 bits per heavy atom. The van der Waals surface area contributed by atoms with Gasteiger partial charge in [0.15, 0.2) is 0 Å². The van der Waals surface area contributed by atoms with Crippen LogP contribution in [0.25, 0.3) is 0 Å². The maximum atomic E-state index is 12.3. The van der Waals surface area contributed by atoms with Crippen molar-refractivity contribution >= 4 is 15.7 Å². The number of para-hydroxylation sites is 1. The number of hydrogen-bond donors (Lipinski definition) is 0. The Kier molecular flexibility index (Phi) is 4.88. The highest BCUT2D eigenvalue weighted by Gasteiger charge is 2.26. The van der Waals surface area contributed by atoms with Crippen molar-refractivity contribution < 1.29 is 13.3 Å². The molecule has 1 aromatic carbocycles. The molecule has 0 radical (unpaired) electrons. The van der Waals surface area contributed by atoms with E-state index in [1.807, 2.05) is 20.8 Å². The SMILES string of the molecule is CN(CC(C)(C)C)S(=O)(=O)Cc1ccccc1[N+](=O)[O-]. The molecule has 7 heteroatoms. The van der Waals surface area contributed by atoms with E-state index >= 15 is 0 Å². The first-order valence-corrected chi connectivity index (χ1v) is 7.80. The predicted octanol–water partition coefficient (Wildman–Crippen LogP) is 2.40. The van der Waals surface area contributed by atoms with Crippen LogP contribution in [-0.4, -0.2) is 31.2 Å². The summed E-state index contributed by atoms with van der Waals surface area (Å²) in [5.74, 6) is -0.364. The fraction of sp³-hybridized carbons (Fsp3) is 0.538. The number of hydrogen-bond acceptors (Lipinski definition) is 4. The van der Waals surface area contributed by atoms with Gasteiger partial charge in [0.25, 0.3) is 5.69 Å². The lowest BCUT2D eigenvalue weighted by atomic mass is 9.97. The number of rotatable bonds is 5. The van der Waals surface area contributed by atoms with E-state index in [2.05, 4.69) is 0 Å². The Morgan fingerprint density at radius 1 is 1.25 bits per heavy atom. The van der Waals surface area contributed by atoms with Crippen LogP contribution in [0.1, 0.15) is 26.3 Å². The number of nitro benzene ring substituents is 1. The smallest absolute Gasteiger partial charge is 0.258 e. The second kappa shape index (κ2) is 5.88. The number of nitrogens with zero attached hydrogens (tertiary/aromatic N) is 2. The van der Waals surface area contributed by atoms with Gasteiger partial charge in [0.1, 0.15) is 0 Å². The second-order valence-electron chi connectivity index (χ2n) is 5.96. The first kappa shape index (κ1) is 16.6. The molecule has 1 aromatic rings. The Bertz CT molecular complexity index is 591. The largest absolute Gasteiger partial charge is 0.273 e. The highest BCUT2D eigenvalue weighted by atomic mass is 32.2. The molecule has 0 amide bonds. The van der Waals surface area contributed by atoms with Gasteiger partial charge < -0.3 is 0 Å². The molecule has 0 fully saturated rings. The standard InChI is InChI=1S/C13H20N2O4S/c1-13(2,3)10-14(4)20(18,19)9-11-7-5-6-8-12(11)15(16)17/h5-8H,9-10H2,1-4H3. The van der Waals surface area contributed by atoms with Gasteiger partial charge >= 0.3 is 0 Å². The summed E-state index contributed by atoms with van der Waals surface area (Å²) in [6.45, 7) is 6.16. The molecule has 0 aliphatic heterocycles. The van der Waals surface area contributed by atoms with Crippen molar-refractivity contribution in [2.24, 2.45) is 5.41 Å². The average molecular weight is 300 g/mol. The molecule has 0 aliphatic carbocycles. The molecule has 0 atom stereocenters. The lowest BCUT2D eigenvalue weighted by Crippen LogP contribution is -2.35. The van der Waals surface area contributed by atoms with Crippen molar-refractivity contribution in [1.29, 1.82) is 0 Å². The van der Waals surface area contributed by atoms with Gasteiger partial charge in [-0.2, -0.15) is 0 Å². The number of benzene rings is 1. The summed E-state index contributed by atoms with van der Waals surface area (Å²) < 4.78 is 25.8. The van der Waals surface area contributed by atoms with Gasteiger partial charge in [0.2, 0.25) is 10.0 Å². The van der Waals surface area contributed by atoms with Crippen LogP contribution in [0, 0.1) is 15.5 Å². The Morgan fingerprint density at radius 2 is 1.80 bits per heavy atom. The molecule has 112 valence electrons. The Hall–Kier alpha value is -1.47. The van der Waals surface area contributed by atoms with E-state index in [1.165, 1.54) is 29.6 Å². The lowest BCUT2D eigenvalue weighted by molar-refractivity contribution is -0.385. The van der Waals surface area contributed by atoms with Gasteiger partial charge in [-0.25, -0.2) is 12.7 Å². The number of sulfonamides is 1. The van der Waals surface area contributed by atoms with E-state index in [9.17, 15) is 18.5 Å². The zero-order valence-corrected chi connectivity index (χ0v) is 13.0. The van der Waals surface area contributed by atoms with E-state index in [-0.39, 0.29) is 22.4 Å².